The van der Waals surface area contributed by atoms with Gasteiger partial charge in [-0.25, -0.2) is 0 Å². The number of hydrogen-bond donors (Lipinski definition) is 1. The molecule has 0 saturated heterocycles. The molecule has 0 spiro atoms. The fourth-order valence-electron chi connectivity index (χ4n) is 2.01. The number of hydrogen-bond acceptors (Lipinski definition) is 3. The zero-order chi connectivity index (χ0) is 14.7. The monoisotopic (exact) mass is 308 g/mol. The number of halogens is 1. The van der Waals surface area contributed by atoms with Crippen LogP contribution in [0.15, 0.2) is 30.3 Å². The minimum absolute atomic E-state index is 0.00169. The molecule has 0 atom stereocenters. The van der Waals surface area contributed by atoms with Gasteiger partial charge in [-0.05, 0) is 43.7 Å². The zero-order valence-electron chi connectivity index (χ0n) is 11.5. The van der Waals surface area contributed by atoms with Gasteiger partial charge >= 0.3 is 0 Å². The third kappa shape index (κ3) is 3.14. The second-order valence-corrected chi connectivity index (χ2v) is 6.34. The van der Waals surface area contributed by atoms with E-state index in [1.54, 1.807) is 11.0 Å². The highest BCUT2D eigenvalue weighted by atomic mass is 35.5. The second kappa shape index (κ2) is 6.29. The molecule has 2 N–H and O–H groups in total. The van der Waals surface area contributed by atoms with Crippen molar-refractivity contribution in [2.45, 2.75) is 20.4 Å². The Balaban J connectivity index is 2.23. The maximum Gasteiger partial charge on any atom is 0.254 e. The Morgan fingerprint density at radius 2 is 2.10 bits per heavy atom. The molecular formula is C15H17ClN2OS. The molecule has 0 saturated carbocycles. The van der Waals surface area contributed by atoms with E-state index in [-0.39, 0.29) is 5.91 Å². The molecule has 1 aromatic heterocycles. The first-order valence-corrected chi connectivity index (χ1v) is 7.61. The molecule has 0 aliphatic rings. The smallest absolute Gasteiger partial charge is 0.254 e. The van der Waals surface area contributed by atoms with Crippen molar-refractivity contribution in [3.05, 3.63) is 50.7 Å². The van der Waals surface area contributed by atoms with Crippen molar-refractivity contribution in [1.82, 2.24) is 4.90 Å². The average Bonchev–Trinajstić information content (AvgIpc) is 2.84. The minimum Gasteiger partial charge on any atom is -0.398 e. The summed E-state index contributed by atoms with van der Waals surface area (Å²) in [6.45, 7) is 5.05. The van der Waals surface area contributed by atoms with Crippen molar-refractivity contribution in [2.24, 2.45) is 0 Å². The van der Waals surface area contributed by atoms with E-state index in [2.05, 4.69) is 0 Å². The number of anilines is 1. The van der Waals surface area contributed by atoms with E-state index in [0.717, 1.165) is 14.8 Å². The fourth-order valence-corrected chi connectivity index (χ4v) is 3.11. The molecule has 20 heavy (non-hydrogen) atoms. The van der Waals surface area contributed by atoms with E-state index in [9.17, 15) is 4.79 Å². The first-order chi connectivity index (χ1) is 9.52. The summed E-state index contributed by atoms with van der Waals surface area (Å²) in [7, 11) is 0. The van der Waals surface area contributed by atoms with Crippen molar-refractivity contribution in [2.75, 3.05) is 12.3 Å². The summed E-state index contributed by atoms with van der Waals surface area (Å²) < 4.78 is 0.739. The predicted octanol–water partition coefficient (Wildman–Crippen LogP) is 3.95. The number of carbonyl (C=O) groups excluding carboxylic acids is 1. The highest BCUT2D eigenvalue weighted by Gasteiger charge is 2.18. The standard InChI is InChI=1S/C15H17ClN2OS/c1-3-18(9-11-7-8-14(16)20-11)15(19)12-5-4-6-13(17)10(12)2/h4-8H,3,9,17H2,1-2H3. The van der Waals surface area contributed by atoms with E-state index in [4.69, 9.17) is 17.3 Å². The van der Waals surface area contributed by atoms with Gasteiger partial charge in [-0.1, -0.05) is 17.7 Å². The van der Waals surface area contributed by atoms with Crippen LogP contribution in [0.5, 0.6) is 0 Å². The van der Waals surface area contributed by atoms with Crippen LogP contribution in [0, 0.1) is 6.92 Å². The van der Waals surface area contributed by atoms with Crippen LogP contribution in [-0.2, 0) is 6.54 Å². The van der Waals surface area contributed by atoms with Gasteiger partial charge in [0.2, 0.25) is 0 Å². The largest absolute Gasteiger partial charge is 0.398 e. The molecule has 3 nitrogen and oxygen atoms in total. The molecule has 0 unspecified atom stereocenters. The molecule has 1 aromatic carbocycles. The van der Waals surface area contributed by atoms with Gasteiger partial charge in [-0.15, -0.1) is 11.3 Å². The molecule has 2 rings (SSSR count). The van der Waals surface area contributed by atoms with Gasteiger partial charge in [0.1, 0.15) is 0 Å². The molecule has 0 fully saturated rings. The minimum atomic E-state index is 0.00169. The Bertz CT molecular complexity index is 624. The average molecular weight is 309 g/mol. The Kier molecular flexibility index (Phi) is 4.68. The van der Waals surface area contributed by atoms with Crippen LogP contribution in [0.2, 0.25) is 4.34 Å². The molecule has 1 amide bonds. The van der Waals surface area contributed by atoms with Crippen molar-refractivity contribution < 1.29 is 4.79 Å². The number of nitrogens with zero attached hydrogens (tertiary/aromatic N) is 1. The lowest BCUT2D eigenvalue weighted by Crippen LogP contribution is -2.30. The number of rotatable bonds is 4. The molecule has 5 heteroatoms. The van der Waals surface area contributed by atoms with Crippen LogP contribution >= 0.6 is 22.9 Å². The summed E-state index contributed by atoms with van der Waals surface area (Å²) in [6, 6.07) is 9.24. The van der Waals surface area contributed by atoms with E-state index in [0.29, 0.717) is 24.3 Å². The van der Waals surface area contributed by atoms with E-state index in [1.807, 2.05) is 38.1 Å². The van der Waals surface area contributed by atoms with Crippen LogP contribution in [0.25, 0.3) is 0 Å². The van der Waals surface area contributed by atoms with Gasteiger partial charge in [-0.2, -0.15) is 0 Å². The van der Waals surface area contributed by atoms with Gasteiger partial charge < -0.3 is 10.6 Å². The number of nitrogen functional groups attached to an aromatic ring is 1. The molecule has 0 radical (unpaired) electrons. The zero-order valence-corrected chi connectivity index (χ0v) is 13.1. The van der Waals surface area contributed by atoms with E-state index >= 15 is 0 Å². The van der Waals surface area contributed by atoms with Crippen LogP contribution in [0.3, 0.4) is 0 Å². The summed E-state index contributed by atoms with van der Waals surface area (Å²) in [5.74, 6) is 0.00169. The van der Waals surface area contributed by atoms with Crippen molar-refractivity contribution in [1.29, 1.82) is 0 Å². The predicted molar refractivity (Wildman–Crippen MR) is 85.3 cm³/mol. The lowest BCUT2D eigenvalue weighted by Gasteiger charge is -2.21. The Morgan fingerprint density at radius 1 is 1.35 bits per heavy atom. The normalized spacial score (nSPS) is 10.6. The summed E-state index contributed by atoms with van der Waals surface area (Å²) in [6.07, 6.45) is 0. The maximum absolute atomic E-state index is 12.6. The van der Waals surface area contributed by atoms with Gasteiger partial charge in [-0.3, -0.25) is 4.79 Å². The molecule has 0 aliphatic heterocycles. The highest BCUT2D eigenvalue weighted by molar-refractivity contribution is 7.16. The summed E-state index contributed by atoms with van der Waals surface area (Å²) >= 11 is 7.43. The molecular weight excluding hydrogens is 292 g/mol. The maximum atomic E-state index is 12.6. The summed E-state index contributed by atoms with van der Waals surface area (Å²) in [5.41, 5.74) is 8.01. The topological polar surface area (TPSA) is 46.3 Å². The van der Waals surface area contributed by atoms with Gasteiger partial charge in [0.15, 0.2) is 0 Å². The Labute approximate surface area is 128 Å². The first-order valence-electron chi connectivity index (χ1n) is 6.41. The quantitative estimate of drug-likeness (QED) is 0.869. The number of amides is 1. The Hall–Kier alpha value is -1.52. The first kappa shape index (κ1) is 14.9. The van der Waals surface area contributed by atoms with Crippen LogP contribution in [0.4, 0.5) is 5.69 Å². The Morgan fingerprint density at radius 3 is 2.70 bits per heavy atom. The fraction of sp³-hybridized carbons (Fsp3) is 0.267. The molecule has 2 aromatic rings. The summed E-state index contributed by atoms with van der Waals surface area (Å²) in [5, 5.41) is 0. The van der Waals surface area contributed by atoms with E-state index < -0.39 is 0 Å². The third-order valence-corrected chi connectivity index (χ3v) is 4.47. The number of benzene rings is 1. The van der Waals surface area contributed by atoms with Gasteiger partial charge in [0.25, 0.3) is 5.91 Å². The lowest BCUT2D eigenvalue weighted by molar-refractivity contribution is 0.0753. The molecule has 1 heterocycles. The van der Waals surface area contributed by atoms with Gasteiger partial charge in [0, 0.05) is 22.7 Å². The van der Waals surface area contributed by atoms with Crippen molar-refractivity contribution in [3.63, 3.8) is 0 Å². The third-order valence-electron chi connectivity index (χ3n) is 3.25. The van der Waals surface area contributed by atoms with Crippen LogP contribution in [0.1, 0.15) is 27.7 Å². The lowest BCUT2D eigenvalue weighted by atomic mass is 10.1. The van der Waals surface area contributed by atoms with Crippen LogP contribution in [-0.4, -0.2) is 17.4 Å². The summed E-state index contributed by atoms with van der Waals surface area (Å²) in [4.78, 5) is 15.5. The molecule has 0 aliphatic carbocycles. The van der Waals surface area contributed by atoms with Crippen LogP contribution < -0.4 is 5.73 Å². The second-order valence-electron chi connectivity index (χ2n) is 4.54. The molecule has 106 valence electrons. The van der Waals surface area contributed by atoms with Crippen molar-refractivity contribution >= 4 is 34.5 Å². The highest BCUT2D eigenvalue weighted by Crippen LogP contribution is 2.24. The number of carbonyl (C=O) groups is 1. The number of nitrogens with two attached hydrogens (primary N) is 1. The van der Waals surface area contributed by atoms with E-state index in [1.165, 1.54) is 11.3 Å². The van der Waals surface area contributed by atoms with Gasteiger partial charge in [0.05, 0.1) is 10.9 Å². The molecule has 0 bridgehead atoms. The van der Waals surface area contributed by atoms with Crippen molar-refractivity contribution in [3.8, 4) is 0 Å². The SMILES string of the molecule is CCN(Cc1ccc(Cl)s1)C(=O)c1cccc(N)c1C. The number of thiophene rings is 1.